The van der Waals surface area contributed by atoms with E-state index in [2.05, 4.69) is 15.6 Å². The van der Waals surface area contributed by atoms with E-state index in [-0.39, 0.29) is 41.7 Å². The van der Waals surface area contributed by atoms with Gasteiger partial charge in [-0.2, -0.15) is 0 Å². The van der Waals surface area contributed by atoms with Crippen LogP contribution in [-0.2, 0) is 16.1 Å². The molecule has 2 aliphatic rings. The monoisotopic (exact) mass is 489 g/mol. The molecule has 1 atom stereocenters. The van der Waals surface area contributed by atoms with Crippen LogP contribution in [0.25, 0.3) is 0 Å². The van der Waals surface area contributed by atoms with Gasteiger partial charge in [-0.1, -0.05) is 0 Å². The molecular weight excluding hydrogens is 460 g/mol. The van der Waals surface area contributed by atoms with Gasteiger partial charge in [-0.3, -0.25) is 14.4 Å². The molecule has 1 aliphatic heterocycles. The molecule has 1 fully saturated rings. The van der Waals surface area contributed by atoms with Crippen LogP contribution in [0.3, 0.4) is 0 Å². The summed E-state index contributed by atoms with van der Waals surface area (Å²) in [5.41, 5.74) is -1.54. The number of anilines is 1. The first kappa shape index (κ1) is 24.8. The summed E-state index contributed by atoms with van der Waals surface area (Å²) in [4.78, 5) is 45.3. The van der Waals surface area contributed by atoms with Crippen LogP contribution >= 0.6 is 0 Å². The summed E-state index contributed by atoms with van der Waals surface area (Å²) in [6, 6.07) is 2.64. The van der Waals surface area contributed by atoms with Crippen LogP contribution in [0, 0.1) is 11.6 Å². The van der Waals surface area contributed by atoms with Crippen LogP contribution in [0.4, 0.5) is 14.5 Å². The van der Waals surface area contributed by atoms with Crippen molar-refractivity contribution in [2.75, 3.05) is 18.5 Å². The van der Waals surface area contributed by atoms with Gasteiger partial charge in [0, 0.05) is 25.3 Å². The lowest BCUT2D eigenvalue weighted by atomic mass is 9.94. The first-order valence-electron chi connectivity index (χ1n) is 11.7. The molecule has 0 bridgehead atoms. The van der Waals surface area contributed by atoms with E-state index in [1.54, 1.807) is 11.8 Å². The second-order valence-electron chi connectivity index (χ2n) is 9.36. The number of hydrogen-bond acceptors (Lipinski definition) is 5. The van der Waals surface area contributed by atoms with E-state index in [0.29, 0.717) is 25.6 Å². The van der Waals surface area contributed by atoms with Crippen molar-refractivity contribution in [3.05, 3.63) is 47.5 Å². The van der Waals surface area contributed by atoms with Crippen molar-refractivity contribution in [1.82, 2.24) is 19.8 Å². The van der Waals surface area contributed by atoms with Gasteiger partial charge in [-0.15, -0.1) is 0 Å². The molecule has 11 heteroatoms. The molecule has 2 aromatic rings. The van der Waals surface area contributed by atoms with Gasteiger partial charge in [0.2, 0.25) is 5.91 Å². The Bertz CT molecular complexity index is 1150. The van der Waals surface area contributed by atoms with Gasteiger partial charge in [0.25, 0.3) is 11.8 Å². The van der Waals surface area contributed by atoms with Gasteiger partial charge in [-0.25, -0.2) is 13.8 Å². The minimum Gasteiger partial charge on any atom is -0.379 e. The highest BCUT2D eigenvalue weighted by Gasteiger charge is 2.53. The Morgan fingerprint density at radius 1 is 1.29 bits per heavy atom. The highest BCUT2D eigenvalue weighted by molar-refractivity contribution is 6.11. The van der Waals surface area contributed by atoms with Crippen molar-refractivity contribution < 1.29 is 27.9 Å². The molecule has 0 spiro atoms. The molecule has 188 valence electrons. The maximum absolute atomic E-state index is 14.0. The first-order valence-corrected chi connectivity index (χ1v) is 11.7. The molecule has 0 radical (unpaired) electrons. The molecule has 4 rings (SSSR count). The van der Waals surface area contributed by atoms with E-state index in [9.17, 15) is 23.2 Å². The summed E-state index contributed by atoms with van der Waals surface area (Å²) in [5, 5.41) is 5.25. The number of imidazole rings is 1. The fourth-order valence-corrected chi connectivity index (χ4v) is 4.28. The number of rotatable bonds is 9. The minimum absolute atomic E-state index is 0.0347. The maximum Gasteiger partial charge on any atom is 0.276 e. The Hall–Kier alpha value is -3.34. The molecule has 2 heterocycles. The standard InChI is InChI=1S/C24H29F2N5O4/c1-14(2)35-10-4-9-27-23(34)24(3)12-30-13-28-19(20(30)22(33)31(24)16-6-7-16)21(32)29-18-8-5-15(25)11-17(18)26/h5,8,11,13-14,16H,4,6-7,9-10,12H2,1-3H3,(H,27,34)(H,29,32). The normalized spacial score (nSPS) is 19.6. The predicted molar refractivity (Wildman–Crippen MR) is 123 cm³/mol. The van der Waals surface area contributed by atoms with E-state index in [1.807, 2.05) is 13.8 Å². The fourth-order valence-electron chi connectivity index (χ4n) is 4.28. The van der Waals surface area contributed by atoms with Crippen LogP contribution in [0.15, 0.2) is 24.5 Å². The van der Waals surface area contributed by atoms with Crippen molar-refractivity contribution in [2.24, 2.45) is 0 Å². The lowest BCUT2D eigenvalue weighted by Crippen LogP contribution is -2.64. The zero-order chi connectivity index (χ0) is 25.3. The van der Waals surface area contributed by atoms with Crippen LogP contribution < -0.4 is 10.6 Å². The van der Waals surface area contributed by atoms with E-state index in [1.165, 1.54) is 10.9 Å². The lowest BCUT2D eigenvalue weighted by molar-refractivity contribution is -0.133. The van der Waals surface area contributed by atoms with Crippen molar-refractivity contribution >= 4 is 23.4 Å². The summed E-state index contributed by atoms with van der Waals surface area (Å²) >= 11 is 0. The maximum atomic E-state index is 14.0. The number of aromatic nitrogens is 2. The number of fused-ring (bicyclic) bond motifs is 1. The molecular formula is C24H29F2N5O4. The van der Waals surface area contributed by atoms with Gasteiger partial charge < -0.3 is 24.8 Å². The summed E-state index contributed by atoms with van der Waals surface area (Å²) in [7, 11) is 0. The predicted octanol–water partition coefficient (Wildman–Crippen LogP) is 2.72. The van der Waals surface area contributed by atoms with Gasteiger partial charge in [0.15, 0.2) is 5.69 Å². The number of nitrogens with one attached hydrogen (secondary N) is 2. The van der Waals surface area contributed by atoms with E-state index < -0.39 is 29.0 Å². The van der Waals surface area contributed by atoms with Gasteiger partial charge >= 0.3 is 0 Å². The van der Waals surface area contributed by atoms with Crippen LogP contribution in [0.2, 0.25) is 0 Å². The summed E-state index contributed by atoms with van der Waals surface area (Å²) in [6.45, 7) is 6.62. The second kappa shape index (κ2) is 9.73. The Kier molecular flexibility index (Phi) is 6.88. The summed E-state index contributed by atoms with van der Waals surface area (Å²) in [6.07, 6.45) is 3.59. The molecule has 3 amide bonds. The van der Waals surface area contributed by atoms with Crippen molar-refractivity contribution in [2.45, 2.75) is 64.3 Å². The molecule has 1 aromatic carbocycles. The molecule has 35 heavy (non-hydrogen) atoms. The van der Waals surface area contributed by atoms with Gasteiger partial charge in [0.05, 0.1) is 24.7 Å². The number of amides is 3. The van der Waals surface area contributed by atoms with Crippen molar-refractivity contribution in [1.29, 1.82) is 0 Å². The molecule has 1 aromatic heterocycles. The smallest absolute Gasteiger partial charge is 0.276 e. The number of halogens is 2. The Labute approximate surface area is 201 Å². The molecule has 2 N–H and O–H groups in total. The number of hydrogen-bond donors (Lipinski definition) is 2. The largest absolute Gasteiger partial charge is 0.379 e. The van der Waals surface area contributed by atoms with Crippen LogP contribution in [0.1, 0.15) is 61.0 Å². The minimum atomic E-state index is -1.17. The third-order valence-electron chi connectivity index (χ3n) is 6.12. The van der Waals surface area contributed by atoms with Gasteiger partial charge in [0.1, 0.15) is 22.9 Å². The molecule has 9 nitrogen and oxygen atoms in total. The highest BCUT2D eigenvalue weighted by Crippen LogP contribution is 2.39. The van der Waals surface area contributed by atoms with Crippen molar-refractivity contribution in [3.63, 3.8) is 0 Å². The highest BCUT2D eigenvalue weighted by atomic mass is 19.1. The quantitative estimate of drug-likeness (QED) is 0.527. The number of benzene rings is 1. The van der Waals surface area contributed by atoms with Crippen molar-refractivity contribution in [3.8, 4) is 0 Å². The molecule has 1 aliphatic carbocycles. The SMILES string of the molecule is CC(C)OCCCNC(=O)C1(C)Cn2cnc(C(=O)Nc3ccc(F)cc3F)c2C(=O)N1C1CC1. The van der Waals surface area contributed by atoms with E-state index in [0.717, 1.165) is 25.0 Å². The number of ether oxygens (including phenoxy) is 1. The fraction of sp³-hybridized carbons (Fsp3) is 0.500. The van der Waals surface area contributed by atoms with Gasteiger partial charge in [-0.05, 0) is 52.2 Å². The van der Waals surface area contributed by atoms with E-state index in [4.69, 9.17) is 4.74 Å². The number of carbonyl (C=O) groups is 3. The second-order valence-corrected chi connectivity index (χ2v) is 9.36. The lowest BCUT2D eigenvalue weighted by Gasteiger charge is -2.44. The third kappa shape index (κ3) is 5.04. The third-order valence-corrected chi connectivity index (χ3v) is 6.12. The average Bonchev–Trinajstić information content (AvgIpc) is 3.52. The summed E-state index contributed by atoms with van der Waals surface area (Å²) in [5.74, 6) is -3.30. The molecule has 0 saturated heterocycles. The zero-order valence-corrected chi connectivity index (χ0v) is 19.9. The summed E-state index contributed by atoms with van der Waals surface area (Å²) < 4.78 is 34.2. The Balaban J connectivity index is 1.54. The average molecular weight is 490 g/mol. The zero-order valence-electron chi connectivity index (χ0n) is 19.9. The van der Waals surface area contributed by atoms with Crippen LogP contribution in [-0.4, -0.2) is 63.0 Å². The van der Waals surface area contributed by atoms with Crippen LogP contribution in [0.5, 0.6) is 0 Å². The van der Waals surface area contributed by atoms with E-state index >= 15 is 0 Å². The first-order chi connectivity index (χ1) is 16.6. The number of carbonyl (C=O) groups excluding carboxylic acids is 3. The molecule has 1 unspecified atom stereocenters. The Morgan fingerprint density at radius 3 is 2.69 bits per heavy atom. The topological polar surface area (TPSA) is 106 Å². The number of nitrogens with zero attached hydrogens (tertiary/aromatic N) is 3. The Morgan fingerprint density at radius 2 is 2.03 bits per heavy atom. The molecule has 1 saturated carbocycles.